The average molecular weight is 422 g/mol. The summed E-state index contributed by atoms with van der Waals surface area (Å²) >= 11 is 3.22. The molecule has 0 bridgehead atoms. The first kappa shape index (κ1) is 18.0. The molecule has 2 aromatic rings. The summed E-state index contributed by atoms with van der Waals surface area (Å²) in [7, 11) is 0. The summed E-state index contributed by atoms with van der Waals surface area (Å²) < 4.78 is 0.438. The molecule has 1 fully saturated rings. The highest BCUT2D eigenvalue weighted by molar-refractivity contribution is 9.10. The number of nitrogens with zero attached hydrogens (tertiary/aromatic N) is 2. The molecule has 3 rings (SSSR count). The van der Waals surface area contributed by atoms with E-state index in [0.717, 1.165) is 6.42 Å². The number of halogens is 1. The topological polar surface area (TPSA) is 116 Å². The molecule has 8 nitrogen and oxygen atoms in total. The molecule has 2 aromatic carbocycles. The second-order valence-corrected chi connectivity index (χ2v) is 6.80. The van der Waals surface area contributed by atoms with Crippen LogP contribution in [-0.4, -0.2) is 32.6 Å². The van der Waals surface area contributed by atoms with E-state index in [9.17, 15) is 25.1 Å². The van der Waals surface area contributed by atoms with Crippen molar-refractivity contribution in [3.05, 3.63) is 56.5 Å². The van der Waals surface area contributed by atoms with Gasteiger partial charge in [-0.1, -0.05) is 0 Å². The number of rotatable bonds is 3. The Morgan fingerprint density at radius 3 is 2.58 bits per heavy atom. The molecule has 136 valence electrons. The second-order valence-electron chi connectivity index (χ2n) is 5.95. The number of nitro benzene ring substituents is 1. The SMILES string of the molecule is O=C(Nc1ccc([N+](=O)[O-])cc1)N1CCCC1c1cc(Br)c(O)cc1O. The number of anilines is 1. The number of nitro groups is 1. The molecule has 1 heterocycles. The van der Waals surface area contributed by atoms with Crippen LogP contribution in [0.3, 0.4) is 0 Å². The van der Waals surface area contributed by atoms with Crippen LogP contribution in [0.4, 0.5) is 16.2 Å². The van der Waals surface area contributed by atoms with E-state index < -0.39 is 4.92 Å². The lowest BCUT2D eigenvalue weighted by molar-refractivity contribution is -0.384. The zero-order chi connectivity index (χ0) is 18.8. The molecule has 26 heavy (non-hydrogen) atoms. The molecule has 1 atom stereocenters. The van der Waals surface area contributed by atoms with Crippen LogP contribution < -0.4 is 5.32 Å². The van der Waals surface area contributed by atoms with Crippen molar-refractivity contribution >= 4 is 33.3 Å². The van der Waals surface area contributed by atoms with Gasteiger partial charge in [-0.05, 0) is 47.0 Å². The van der Waals surface area contributed by atoms with Crippen LogP contribution in [0.2, 0.25) is 0 Å². The molecule has 0 saturated carbocycles. The minimum atomic E-state index is -0.506. The fourth-order valence-electron chi connectivity index (χ4n) is 3.03. The summed E-state index contributed by atoms with van der Waals surface area (Å²) in [6, 6.07) is 7.73. The maximum atomic E-state index is 12.6. The zero-order valence-corrected chi connectivity index (χ0v) is 15.1. The Morgan fingerprint density at radius 2 is 1.92 bits per heavy atom. The first-order valence-electron chi connectivity index (χ1n) is 7.90. The van der Waals surface area contributed by atoms with Crippen LogP contribution in [0, 0.1) is 10.1 Å². The Bertz CT molecular complexity index is 856. The number of hydrogen-bond acceptors (Lipinski definition) is 5. The van der Waals surface area contributed by atoms with Crippen molar-refractivity contribution in [1.82, 2.24) is 4.90 Å². The number of carbonyl (C=O) groups excluding carboxylic acids is 1. The van der Waals surface area contributed by atoms with Crippen LogP contribution >= 0.6 is 15.9 Å². The number of non-ortho nitro benzene ring substituents is 1. The number of amides is 2. The minimum absolute atomic E-state index is 0.0547. The van der Waals surface area contributed by atoms with Crippen LogP contribution in [0.1, 0.15) is 24.4 Å². The van der Waals surface area contributed by atoms with Gasteiger partial charge in [0.25, 0.3) is 5.69 Å². The molecule has 0 radical (unpaired) electrons. The third-order valence-electron chi connectivity index (χ3n) is 4.30. The molecular weight excluding hydrogens is 406 g/mol. The molecule has 1 saturated heterocycles. The van der Waals surface area contributed by atoms with Crippen molar-refractivity contribution in [3.8, 4) is 11.5 Å². The van der Waals surface area contributed by atoms with Gasteiger partial charge in [0.1, 0.15) is 11.5 Å². The van der Waals surface area contributed by atoms with E-state index in [1.807, 2.05) is 0 Å². The van der Waals surface area contributed by atoms with E-state index in [-0.39, 0.29) is 29.3 Å². The maximum Gasteiger partial charge on any atom is 0.322 e. The first-order chi connectivity index (χ1) is 12.4. The molecule has 2 amide bonds. The number of urea groups is 1. The normalized spacial score (nSPS) is 16.5. The maximum absolute atomic E-state index is 12.6. The summed E-state index contributed by atoms with van der Waals surface area (Å²) in [5, 5.41) is 33.2. The summed E-state index contributed by atoms with van der Waals surface area (Å²) in [6.45, 7) is 0.515. The van der Waals surface area contributed by atoms with Gasteiger partial charge in [-0.25, -0.2) is 4.79 Å². The van der Waals surface area contributed by atoms with Gasteiger partial charge in [-0.2, -0.15) is 0 Å². The number of aromatic hydroxyl groups is 2. The molecule has 0 aliphatic carbocycles. The summed E-state index contributed by atoms with van der Waals surface area (Å²) in [4.78, 5) is 24.4. The van der Waals surface area contributed by atoms with Crippen LogP contribution in [0.25, 0.3) is 0 Å². The van der Waals surface area contributed by atoms with Gasteiger partial charge >= 0.3 is 6.03 Å². The van der Waals surface area contributed by atoms with E-state index in [2.05, 4.69) is 21.2 Å². The molecule has 3 N–H and O–H groups in total. The summed E-state index contributed by atoms with van der Waals surface area (Å²) in [5.74, 6) is -0.156. The molecule has 9 heteroatoms. The summed E-state index contributed by atoms with van der Waals surface area (Å²) in [6.07, 6.45) is 1.45. The van der Waals surface area contributed by atoms with Gasteiger partial charge in [0, 0.05) is 36.0 Å². The van der Waals surface area contributed by atoms with E-state index in [1.165, 1.54) is 30.3 Å². The summed E-state index contributed by atoms with van der Waals surface area (Å²) in [5.41, 5.74) is 0.939. The van der Waals surface area contributed by atoms with E-state index in [4.69, 9.17) is 0 Å². The monoisotopic (exact) mass is 421 g/mol. The quantitative estimate of drug-likeness (QED) is 0.508. The zero-order valence-electron chi connectivity index (χ0n) is 13.6. The van der Waals surface area contributed by atoms with Crippen molar-refractivity contribution in [2.24, 2.45) is 0 Å². The van der Waals surface area contributed by atoms with E-state index in [1.54, 1.807) is 11.0 Å². The third kappa shape index (κ3) is 3.57. The van der Waals surface area contributed by atoms with Crippen LogP contribution in [0.5, 0.6) is 11.5 Å². The minimum Gasteiger partial charge on any atom is -0.507 e. The standard InChI is InChI=1S/C17H16BrN3O5/c18-13-8-12(15(22)9-16(13)23)14-2-1-7-20(14)17(24)19-10-3-5-11(6-4-10)21(25)26/h3-6,8-9,14,22-23H,1-2,7H2,(H,19,24). The number of benzene rings is 2. The van der Waals surface area contributed by atoms with Crippen LogP contribution in [-0.2, 0) is 0 Å². The number of likely N-dealkylation sites (tertiary alicyclic amines) is 1. The van der Waals surface area contributed by atoms with Crippen molar-refractivity contribution in [3.63, 3.8) is 0 Å². The lowest BCUT2D eigenvalue weighted by Crippen LogP contribution is -2.34. The third-order valence-corrected chi connectivity index (χ3v) is 4.93. The Morgan fingerprint density at radius 1 is 1.23 bits per heavy atom. The largest absolute Gasteiger partial charge is 0.507 e. The predicted octanol–water partition coefficient (Wildman–Crippen LogP) is 4.14. The molecule has 1 unspecified atom stereocenters. The Balaban J connectivity index is 1.78. The van der Waals surface area contributed by atoms with Gasteiger partial charge in [0.05, 0.1) is 15.4 Å². The lowest BCUT2D eigenvalue weighted by atomic mass is 10.0. The second kappa shape index (κ2) is 7.20. The fraction of sp³-hybridized carbons (Fsp3) is 0.235. The Kier molecular flexibility index (Phi) is 4.99. The fourth-order valence-corrected chi connectivity index (χ4v) is 3.39. The van der Waals surface area contributed by atoms with Crippen molar-refractivity contribution in [2.45, 2.75) is 18.9 Å². The highest BCUT2D eigenvalue weighted by Gasteiger charge is 2.32. The first-order valence-corrected chi connectivity index (χ1v) is 8.69. The van der Waals surface area contributed by atoms with Gasteiger partial charge < -0.3 is 20.4 Å². The molecule has 0 aromatic heterocycles. The van der Waals surface area contributed by atoms with Gasteiger partial charge in [0.15, 0.2) is 0 Å². The van der Waals surface area contributed by atoms with Gasteiger partial charge in [0.2, 0.25) is 0 Å². The molecule has 0 spiro atoms. The molecule has 1 aliphatic heterocycles. The van der Waals surface area contributed by atoms with Gasteiger partial charge in [-0.15, -0.1) is 0 Å². The number of phenols is 2. The van der Waals surface area contributed by atoms with E-state index >= 15 is 0 Å². The van der Waals surface area contributed by atoms with Crippen molar-refractivity contribution in [2.75, 3.05) is 11.9 Å². The van der Waals surface area contributed by atoms with E-state index in [0.29, 0.717) is 28.7 Å². The van der Waals surface area contributed by atoms with Crippen molar-refractivity contribution < 1.29 is 19.9 Å². The van der Waals surface area contributed by atoms with Gasteiger partial charge in [-0.3, -0.25) is 10.1 Å². The smallest absolute Gasteiger partial charge is 0.322 e. The number of hydrogen-bond donors (Lipinski definition) is 3. The highest BCUT2D eigenvalue weighted by atomic mass is 79.9. The Labute approximate surface area is 157 Å². The van der Waals surface area contributed by atoms with Crippen molar-refractivity contribution in [1.29, 1.82) is 0 Å². The number of carbonyl (C=O) groups is 1. The highest BCUT2D eigenvalue weighted by Crippen LogP contribution is 2.41. The predicted molar refractivity (Wildman–Crippen MR) is 98.3 cm³/mol. The number of phenolic OH excluding ortho intramolecular Hbond substituents is 2. The Hall–Kier alpha value is -2.81. The average Bonchev–Trinajstić information content (AvgIpc) is 3.08. The lowest BCUT2D eigenvalue weighted by Gasteiger charge is -2.26. The van der Waals surface area contributed by atoms with Crippen LogP contribution in [0.15, 0.2) is 40.9 Å². The molecular formula is C17H16BrN3O5. The number of nitrogens with one attached hydrogen (secondary N) is 1. The molecule has 1 aliphatic rings.